The first kappa shape index (κ1) is 26.4. The summed E-state index contributed by atoms with van der Waals surface area (Å²) in [4.78, 5) is 27.6. The van der Waals surface area contributed by atoms with Crippen LogP contribution in [0.25, 0.3) is 23.0 Å². The van der Waals surface area contributed by atoms with E-state index in [1.165, 1.54) is 4.90 Å². The maximum Gasteiger partial charge on any atom is 0.271 e. The van der Waals surface area contributed by atoms with Gasteiger partial charge in [0.1, 0.15) is 24.0 Å². The van der Waals surface area contributed by atoms with E-state index in [4.69, 9.17) is 9.84 Å². The van der Waals surface area contributed by atoms with Gasteiger partial charge in [-0.25, -0.2) is 4.68 Å². The summed E-state index contributed by atoms with van der Waals surface area (Å²) in [6.45, 7) is 8.06. The molecule has 1 aliphatic rings. The fourth-order valence-corrected chi connectivity index (χ4v) is 4.30. The first-order chi connectivity index (χ1) is 18.5. The summed E-state index contributed by atoms with van der Waals surface area (Å²) in [6, 6.07) is 19.2. The van der Waals surface area contributed by atoms with Gasteiger partial charge in [-0.05, 0) is 61.4 Å². The number of nitriles is 1. The van der Waals surface area contributed by atoms with Crippen LogP contribution in [0.1, 0.15) is 38.7 Å². The van der Waals surface area contributed by atoms with Crippen molar-refractivity contribution in [3.8, 4) is 28.8 Å². The lowest BCUT2D eigenvalue weighted by atomic mass is 9.93. The van der Waals surface area contributed by atoms with Gasteiger partial charge in [-0.15, -0.1) is 0 Å². The minimum atomic E-state index is -0.529. The van der Waals surface area contributed by atoms with Crippen molar-refractivity contribution in [3.05, 3.63) is 95.7 Å². The van der Waals surface area contributed by atoms with Gasteiger partial charge in [-0.3, -0.25) is 14.5 Å². The Hall–Kier alpha value is -4.70. The molecule has 0 fully saturated rings. The van der Waals surface area contributed by atoms with E-state index >= 15 is 0 Å². The predicted octanol–water partition coefficient (Wildman–Crippen LogP) is 5.89. The molecule has 192 valence electrons. The Labute approximate surface area is 223 Å². The van der Waals surface area contributed by atoms with Crippen molar-refractivity contribution in [1.29, 1.82) is 5.26 Å². The summed E-state index contributed by atoms with van der Waals surface area (Å²) < 4.78 is 7.37. The molecule has 0 saturated carbocycles. The van der Waals surface area contributed by atoms with Crippen LogP contribution in [0.5, 0.6) is 5.75 Å². The number of nitrogens with zero attached hydrogens (tertiary/aromatic N) is 4. The molecule has 1 aliphatic heterocycles. The van der Waals surface area contributed by atoms with E-state index in [1.807, 2.05) is 66.9 Å². The van der Waals surface area contributed by atoms with Gasteiger partial charge in [0.25, 0.3) is 11.8 Å². The zero-order chi connectivity index (χ0) is 27.1. The van der Waals surface area contributed by atoms with E-state index in [2.05, 4.69) is 13.5 Å². The van der Waals surface area contributed by atoms with Gasteiger partial charge in [0, 0.05) is 29.4 Å². The third-order valence-electron chi connectivity index (χ3n) is 6.37. The molecule has 0 unspecified atom stereocenters. The molecule has 2 aromatic carbocycles. The number of carbonyl (C=O) groups excluding carboxylic acids is 2. The van der Waals surface area contributed by atoms with Crippen molar-refractivity contribution in [2.24, 2.45) is 0 Å². The molecule has 7 nitrogen and oxygen atoms in total. The Bertz CT molecular complexity index is 1440. The monoisotopic (exact) mass is 506 g/mol. The van der Waals surface area contributed by atoms with Crippen LogP contribution in [0.4, 0.5) is 0 Å². The zero-order valence-corrected chi connectivity index (χ0v) is 21.7. The van der Waals surface area contributed by atoms with Crippen molar-refractivity contribution < 1.29 is 14.3 Å². The lowest BCUT2D eigenvalue weighted by Gasteiger charge is -2.27. The van der Waals surface area contributed by atoms with Crippen LogP contribution in [0, 0.1) is 11.3 Å². The summed E-state index contributed by atoms with van der Waals surface area (Å²) in [5.74, 6) is -0.218. The van der Waals surface area contributed by atoms with E-state index < -0.39 is 11.8 Å². The number of hydrogen-bond acceptors (Lipinski definition) is 5. The van der Waals surface area contributed by atoms with Crippen molar-refractivity contribution in [2.45, 2.75) is 33.1 Å². The van der Waals surface area contributed by atoms with E-state index in [-0.39, 0.29) is 12.1 Å². The van der Waals surface area contributed by atoms with Crippen molar-refractivity contribution >= 4 is 17.9 Å². The van der Waals surface area contributed by atoms with Crippen LogP contribution in [-0.4, -0.2) is 39.6 Å². The number of aromatic nitrogens is 2. The fraction of sp³-hybridized carbons (Fsp3) is 0.226. The Balaban J connectivity index is 1.82. The van der Waals surface area contributed by atoms with E-state index in [0.29, 0.717) is 41.2 Å². The maximum atomic E-state index is 13.5. The molecule has 0 radical (unpaired) electrons. The molecule has 0 bridgehead atoms. The van der Waals surface area contributed by atoms with E-state index in [9.17, 15) is 14.9 Å². The quantitative estimate of drug-likeness (QED) is 0.148. The zero-order valence-electron chi connectivity index (χ0n) is 21.7. The Kier molecular flexibility index (Phi) is 8.34. The standard InChI is InChI=1S/C31H30N4O3/c1-4-6-10-17-34-30(36)27(22(3)28(20-32)31(34)37)19-24-21-35(25-11-8-7-9-12-25)33-29(24)23-13-15-26(16-14-23)38-18-5-2/h5,7-9,11-16,19,21H,2,4,6,10,17-18H2,1,3H3/b27-19+. The highest BCUT2D eigenvalue weighted by atomic mass is 16.5. The van der Waals surface area contributed by atoms with E-state index in [1.54, 1.807) is 23.8 Å². The molecule has 2 amide bonds. The SMILES string of the molecule is C=CCOc1ccc(-c2nn(-c3ccccc3)cc2/C=C2/C(=O)N(CCCCC)C(=O)C(C#N)=C2C)cc1. The van der Waals surface area contributed by atoms with Crippen molar-refractivity contribution in [1.82, 2.24) is 14.7 Å². The minimum Gasteiger partial charge on any atom is -0.490 e. The maximum absolute atomic E-state index is 13.5. The summed E-state index contributed by atoms with van der Waals surface area (Å²) in [5, 5.41) is 14.6. The highest BCUT2D eigenvalue weighted by molar-refractivity contribution is 6.19. The van der Waals surface area contributed by atoms with Gasteiger partial charge in [0.2, 0.25) is 0 Å². The molecule has 4 rings (SSSR count). The average Bonchev–Trinajstić information content (AvgIpc) is 3.37. The third-order valence-corrected chi connectivity index (χ3v) is 6.37. The number of imide groups is 1. The number of para-hydroxylation sites is 1. The molecular formula is C31H30N4O3. The minimum absolute atomic E-state index is 0.00642. The van der Waals surface area contributed by atoms with Crippen molar-refractivity contribution in [2.75, 3.05) is 13.2 Å². The van der Waals surface area contributed by atoms with Gasteiger partial charge in [-0.1, -0.05) is 50.6 Å². The lowest BCUT2D eigenvalue weighted by molar-refractivity contribution is -0.140. The summed E-state index contributed by atoms with van der Waals surface area (Å²) in [6.07, 6.45) is 7.81. The number of carbonyl (C=O) groups is 2. The predicted molar refractivity (Wildman–Crippen MR) is 147 cm³/mol. The van der Waals surface area contributed by atoms with Crippen LogP contribution in [0.15, 0.2) is 90.2 Å². The van der Waals surface area contributed by atoms with Gasteiger partial charge < -0.3 is 4.74 Å². The van der Waals surface area contributed by atoms with Gasteiger partial charge in [0.15, 0.2) is 0 Å². The van der Waals surface area contributed by atoms with Crippen LogP contribution in [-0.2, 0) is 9.59 Å². The first-order valence-corrected chi connectivity index (χ1v) is 12.7. The number of rotatable bonds is 10. The topological polar surface area (TPSA) is 88.2 Å². The number of ether oxygens (including phenoxy) is 1. The molecule has 7 heteroatoms. The average molecular weight is 507 g/mol. The lowest BCUT2D eigenvalue weighted by Crippen LogP contribution is -2.43. The summed E-state index contributed by atoms with van der Waals surface area (Å²) >= 11 is 0. The van der Waals surface area contributed by atoms with Gasteiger partial charge in [-0.2, -0.15) is 10.4 Å². The molecule has 0 spiro atoms. The molecule has 2 heterocycles. The third kappa shape index (κ3) is 5.50. The molecule has 3 aromatic rings. The first-order valence-electron chi connectivity index (χ1n) is 12.7. The van der Waals surface area contributed by atoms with Crippen LogP contribution in [0.3, 0.4) is 0 Å². The fourth-order valence-electron chi connectivity index (χ4n) is 4.30. The van der Waals surface area contributed by atoms with Crippen LogP contribution in [0.2, 0.25) is 0 Å². The van der Waals surface area contributed by atoms with Crippen LogP contribution < -0.4 is 4.74 Å². The second kappa shape index (κ2) is 12.0. The van der Waals surface area contributed by atoms with Gasteiger partial charge >= 0.3 is 0 Å². The second-order valence-corrected chi connectivity index (χ2v) is 8.98. The second-order valence-electron chi connectivity index (χ2n) is 8.98. The Morgan fingerprint density at radius 2 is 1.79 bits per heavy atom. The molecular weight excluding hydrogens is 476 g/mol. The number of unbranched alkanes of at least 4 members (excludes halogenated alkanes) is 2. The largest absolute Gasteiger partial charge is 0.490 e. The summed E-state index contributed by atoms with van der Waals surface area (Å²) in [5.41, 5.74) is 3.73. The molecule has 38 heavy (non-hydrogen) atoms. The van der Waals surface area contributed by atoms with Gasteiger partial charge in [0.05, 0.1) is 11.4 Å². The summed E-state index contributed by atoms with van der Waals surface area (Å²) in [7, 11) is 0. The Morgan fingerprint density at radius 3 is 2.45 bits per heavy atom. The Morgan fingerprint density at radius 1 is 1.05 bits per heavy atom. The van der Waals surface area contributed by atoms with Crippen molar-refractivity contribution in [3.63, 3.8) is 0 Å². The smallest absolute Gasteiger partial charge is 0.271 e. The van der Waals surface area contributed by atoms with E-state index in [0.717, 1.165) is 24.1 Å². The number of hydrogen-bond donors (Lipinski definition) is 0. The highest BCUT2D eigenvalue weighted by Gasteiger charge is 2.35. The molecule has 0 aliphatic carbocycles. The number of amides is 2. The molecule has 1 aromatic heterocycles. The molecule has 0 N–H and O–H groups in total. The molecule has 0 atom stereocenters. The van der Waals surface area contributed by atoms with Crippen LogP contribution >= 0.6 is 0 Å². The normalized spacial score (nSPS) is 14.7. The highest BCUT2D eigenvalue weighted by Crippen LogP contribution is 2.32. The number of benzene rings is 2. The molecule has 0 saturated heterocycles.